The van der Waals surface area contributed by atoms with Gasteiger partial charge in [-0.05, 0) is 70.1 Å². The lowest BCUT2D eigenvalue weighted by Gasteiger charge is -2.32. The minimum atomic E-state index is -0.328. The Morgan fingerprint density at radius 3 is 2.68 bits per heavy atom. The molecule has 1 amide bonds. The minimum Gasteiger partial charge on any atom is -0.462 e. The molecule has 38 heavy (non-hydrogen) atoms. The zero-order chi connectivity index (χ0) is 26.6. The van der Waals surface area contributed by atoms with Gasteiger partial charge in [0.05, 0.1) is 23.4 Å². The number of hydrogen-bond donors (Lipinski definition) is 2. The molecule has 1 aromatic carbocycles. The van der Waals surface area contributed by atoms with Crippen LogP contribution in [0.2, 0.25) is 0 Å². The monoisotopic (exact) mass is 513 g/mol. The number of pyridine rings is 1. The number of aromatic amines is 1. The number of rotatable bonds is 8. The summed E-state index contributed by atoms with van der Waals surface area (Å²) in [6.07, 6.45) is 5.25. The topological polar surface area (TPSA) is 90.6 Å². The highest BCUT2D eigenvalue weighted by atomic mass is 16.5. The van der Waals surface area contributed by atoms with Gasteiger partial charge < -0.3 is 24.8 Å². The third-order valence-corrected chi connectivity index (χ3v) is 7.36. The van der Waals surface area contributed by atoms with Crippen LogP contribution < -0.4 is 5.32 Å². The van der Waals surface area contributed by atoms with Crippen LogP contribution in [0.5, 0.6) is 0 Å². The second kappa shape index (κ2) is 11.3. The van der Waals surface area contributed by atoms with Crippen molar-refractivity contribution in [2.24, 2.45) is 0 Å². The summed E-state index contributed by atoms with van der Waals surface area (Å²) in [7, 11) is 2.15. The van der Waals surface area contributed by atoms with Gasteiger partial charge in [-0.2, -0.15) is 0 Å². The summed E-state index contributed by atoms with van der Waals surface area (Å²) in [5.74, 6) is -0.498. The second-order valence-corrected chi connectivity index (χ2v) is 9.94. The van der Waals surface area contributed by atoms with Crippen molar-refractivity contribution in [3.8, 4) is 11.3 Å². The minimum absolute atomic E-state index is 0.170. The molecule has 0 bridgehead atoms. The van der Waals surface area contributed by atoms with Gasteiger partial charge in [0.25, 0.3) is 5.91 Å². The molecule has 1 fully saturated rings. The molecule has 5 rings (SSSR count). The Balaban J connectivity index is 1.51. The van der Waals surface area contributed by atoms with Crippen LogP contribution in [0.1, 0.15) is 46.2 Å². The number of carbonyl (C=O) groups excluding carboxylic acids is 2. The van der Waals surface area contributed by atoms with E-state index in [-0.39, 0.29) is 11.9 Å². The molecule has 0 aliphatic carbocycles. The van der Waals surface area contributed by atoms with E-state index in [2.05, 4.69) is 32.1 Å². The van der Waals surface area contributed by atoms with E-state index in [4.69, 9.17) is 4.74 Å². The summed E-state index contributed by atoms with van der Waals surface area (Å²) in [5, 5.41) is 3.00. The standard InChI is InChI=1S/C30H35N5O3/c1-4-38-30(37)27-20(2)32-26(22(27)10-8-14-35-17-15-34(3)16-18-35)19-23-28-21(24-11-5-6-13-31-24)9-7-12-25(28)33-29(23)36/h5-7,9,11-13,19,32H,4,8,10,14-18H2,1-3H3,(H,33,36). The Morgan fingerprint density at radius 1 is 1.13 bits per heavy atom. The largest absolute Gasteiger partial charge is 0.462 e. The number of esters is 1. The normalized spacial score (nSPS) is 17.0. The Hall–Kier alpha value is -3.75. The van der Waals surface area contributed by atoms with Crippen molar-refractivity contribution in [3.63, 3.8) is 0 Å². The van der Waals surface area contributed by atoms with E-state index >= 15 is 0 Å². The van der Waals surface area contributed by atoms with Gasteiger partial charge in [0.2, 0.25) is 0 Å². The first kappa shape index (κ1) is 25.9. The molecule has 0 atom stereocenters. The maximum atomic E-state index is 13.2. The maximum absolute atomic E-state index is 13.2. The van der Waals surface area contributed by atoms with Crippen molar-refractivity contribution in [3.05, 3.63) is 70.7 Å². The number of likely N-dealkylation sites (N-methyl/N-ethyl adjacent to an activating group) is 1. The molecule has 0 spiro atoms. The van der Waals surface area contributed by atoms with E-state index in [9.17, 15) is 9.59 Å². The summed E-state index contributed by atoms with van der Waals surface area (Å²) in [5.41, 5.74) is 6.83. The number of nitrogens with zero attached hydrogens (tertiary/aromatic N) is 3. The van der Waals surface area contributed by atoms with Crippen molar-refractivity contribution in [1.82, 2.24) is 19.8 Å². The summed E-state index contributed by atoms with van der Waals surface area (Å²) >= 11 is 0. The Labute approximate surface area is 223 Å². The average molecular weight is 514 g/mol. The number of anilines is 1. The lowest BCUT2D eigenvalue weighted by atomic mass is 9.95. The van der Waals surface area contributed by atoms with E-state index < -0.39 is 0 Å². The van der Waals surface area contributed by atoms with Gasteiger partial charge in [-0.1, -0.05) is 18.2 Å². The van der Waals surface area contributed by atoms with Crippen molar-refractivity contribution >= 4 is 29.2 Å². The molecule has 2 N–H and O–H groups in total. The zero-order valence-corrected chi connectivity index (χ0v) is 22.3. The van der Waals surface area contributed by atoms with Gasteiger partial charge in [-0.15, -0.1) is 0 Å². The molecular formula is C30H35N5O3. The predicted octanol–water partition coefficient (Wildman–Crippen LogP) is 4.23. The third kappa shape index (κ3) is 5.28. The Kier molecular flexibility index (Phi) is 7.72. The molecule has 1 saturated heterocycles. The number of fused-ring (bicyclic) bond motifs is 1. The van der Waals surface area contributed by atoms with Crippen LogP contribution in [-0.4, -0.2) is 78.0 Å². The quantitative estimate of drug-likeness (QED) is 0.346. The van der Waals surface area contributed by atoms with Gasteiger partial charge in [0.15, 0.2) is 0 Å². The number of carbonyl (C=O) groups is 2. The SMILES string of the molecule is CCOC(=O)c1c(C)[nH]c(C=C2C(=O)Nc3cccc(-c4ccccn4)c32)c1CCCN1CCN(C)CC1. The molecule has 3 aromatic rings. The molecule has 8 heteroatoms. The molecule has 0 saturated carbocycles. The van der Waals surface area contributed by atoms with Crippen molar-refractivity contribution in [2.45, 2.75) is 26.7 Å². The van der Waals surface area contributed by atoms with Crippen LogP contribution in [0.25, 0.3) is 22.9 Å². The highest BCUT2D eigenvalue weighted by Gasteiger charge is 2.29. The van der Waals surface area contributed by atoms with Crippen LogP contribution in [-0.2, 0) is 16.0 Å². The smallest absolute Gasteiger partial charge is 0.340 e. The highest BCUT2D eigenvalue weighted by Crippen LogP contribution is 2.40. The lowest BCUT2D eigenvalue weighted by Crippen LogP contribution is -2.44. The number of aryl methyl sites for hydroxylation is 1. The van der Waals surface area contributed by atoms with E-state index in [1.165, 1.54) is 0 Å². The molecule has 198 valence electrons. The van der Waals surface area contributed by atoms with Crippen LogP contribution >= 0.6 is 0 Å². The molecule has 8 nitrogen and oxygen atoms in total. The van der Waals surface area contributed by atoms with E-state index in [0.717, 1.165) is 78.6 Å². The van der Waals surface area contributed by atoms with Crippen molar-refractivity contribution in [1.29, 1.82) is 0 Å². The molecule has 2 aliphatic rings. The number of hydrogen-bond acceptors (Lipinski definition) is 6. The number of aromatic nitrogens is 2. The first-order valence-electron chi connectivity index (χ1n) is 13.3. The van der Waals surface area contributed by atoms with Crippen LogP contribution in [0.4, 0.5) is 5.69 Å². The zero-order valence-electron chi connectivity index (χ0n) is 22.3. The number of H-pyrrole nitrogens is 1. The van der Waals surface area contributed by atoms with Crippen LogP contribution in [0.3, 0.4) is 0 Å². The first-order chi connectivity index (χ1) is 18.5. The predicted molar refractivity (Wildman–Crippen MR) is 150 cm³/mol. The first-order valence-corrected chi connectivity index (χ1v) is 13.3. The molecule has 0 radical (unpaired) electrons. The summed E-state index contributed by atoms with van der Waals surface area (Å²) in [6.45, 7) is 9.22. The molecular weight excluding hydrogens is 478 g/mol. The van der Waals surface area contributed by atoms with Gasteiger partial charge in [-0.3, -0.25) is 9.78 Å². The fourth-order valence-electron chi connectivity index (χ4n) is 5.38. The van der Waals surface area contributed by atoms with E-state index in [1.807, 2.05) is 56.3 Å². The number of nitrogens with one attached hydrogen (secondary N) is 2. The molecule has 2 aromatic heterocycles. The molecule has 2 aliphatic heterocycles. The molecule has 0 unspecified atom stereocenters. The van der Waals surface area contributed by atoms with Crippen molar-refractivity contribution < 1.29 is 14.3 Å². The average Bonchev–Trinajstić information content (AvgIpc) is 3.41. The summed E-state index contributed by atoms with van der Waals surface area (Å²) < 4.78 is 5.41. The van der Waals surface area contributed by atoms with Gasteiger partial charge in [-0.25, -0.2) is 4.79 Å². The fraction of sp³-hybridized carbons (Fsp3) is 0.367. The van der Waals surface area contributed by atoms with Gasteiger partial charge in [0, 0.05) is 60.6 Å². The van der Waals surface area contributed by atoms with Crippen LogP contribution in [0.15, 0.2) is 42.6 Å². The number of piperazine rings is 1. The third-order valence-electron chi connectivity index (χ3n) is 7.36. The Bertz CT molecular complexity index is 1350. The second-order valence-electron chi connectivity index (χ2n) is 9.94. The lowest BCUT2D eigenvalue weighted by molar-refractivity contribution is -0.110. The maximum Gasteiger partial charge on any atom is 0.340 e. The molecule has 4 heterocycles. The number of ether oxygens (including phenoxy) is 1. The van der Waals surface area contributed by atoms with Gasteiger partial charge >= 0.3 is 5.97 Å². The number of amides is 1. The van der Waals surface area contributed by atoms with Gasteiger partial charge in [0.1, 0.15) is 0 Å². The Morgan fingerprint density at radius 2 is 1.95 bits per heavy atom. The van der Waals surface area contributed by atoms with Crippen molar-refractivity contribution in [2.75, 3.05) is 51.7 Å². The number of benzene rings is 1. The van der Waals surface area contributed by atoms with Crippen LogP contribution in [0, 0.1) is 6.92 Å². The van der Waals surface area contributed by atoms with E-state index in [0.29, 0.717) is 24.2 Å². The highest BCUT2D eigenvalue weighted by molar-refractivity contribution is 6.36. The van der Waals surface area contributed by atoms with E-state index in [1.54, 1.807) is 6.20 Å². The summed E-state index contributed by atoms with van der Waals surface area (Å²) in [4.78, 5) is 38.9. The fourth-order valence-corrected chi connectivity index (χ4v) is 5.38. The summed E-state index contributed by atoms with van der Waals surface area (Å²) in [6, 6.07) is 11.6.